The number of nitrogen functional groups attached to an aromatic ring is 1. The summed E-state index contributed by atoms with van der Waals surface area (Å²) in [5, 5.41) is 8.81. The van der Waals surface area contributed by atoms with Crippen LogP contribution in [0.3, 0.4) is 0 Å². The maximum atomic E-state index is 8.81. The molecular formula is C13H15N7O. The number of hydrazine groups is 1. The minimum atomic E-state index is 0.191. The second-order valence-electron chi connectivity index (χ2n) is 4.04. The molecule has 0 atom stereocenters. The van der Waals surface area contributed by atoms with Gasteiger partial charge in [0.15, 0.2) is 0 Å². The van der Waals surface area contributed by atoms with E-state index in [0.29, 0.717) is 18.1 Å². The first-order chi connectivity index (χ1) is 10.2. The Morgan fingerprint density at radius 1 is 1.29 bits per heavy atom. The minimum Gasteiger partial charge on any atom is -0.464 e. The standard InChI is InChI=1S/C13H15N7O/c1-3-21-13-17-11(19-15)16-12(18-13)20(2)10-6-4-9(8-14)5-7-10/h4-7H,3,15H2,1-2H3,(H,16,17,18,19). The lowest BCUT2D eigenvalue weighted by atomic mass is 10.2. The predicted octanol–water partition coefficient (Wildman–Crippen LogP) is 1.20. The van der Waals surface area contributed by atoms with Crippen molar-refractivity contribution in [1.82, 2.24) is 15.0 Å². The second-order valence-corrected chi connectivity index (χ2v) is 4.04. The zero-order valence-electron chi connectivity index (χ0n) is 11.7. The number of hydrogen-bond acceptors (Lipinski definition) is 8. The van der Waals surface area contributed by atoms with Crippen LogP contribution >= 0.6 is 0 Å². The molecular weight excluding hydrogens is 270 g/mol. The number of benzene rings is 1. The van der Waals surface area contributed by atoms with Gasteiger partial charge in [0.25, 0.3) is 0 Å². The fourth-order valence-corrected chi connectivity index (χ4v) is 1.63. The summed E-state index contributed by atoms with van der Waals surface area (Å²) in [6, 6.07) is 9.31. The van der Waals surface area contributed by atoms with Gasteiger partial charge in [0, 0.05) is 12.7 Å². The van der Waals surface area contributed by atoms with Crippen LogP contribution in [0.2, 0.25) is 0 Å². The summed E-state index contributed by atoms with van der Waals surface area (Å²) in [4.78, 5) is 14.1. The van der Waals surface area contributed by atoms with Crippen LogP contribution in [-0.4, -0.2) is 28.6 Å². The maximum absolute atomic E-state index is 8.81. The molecule has 0 saturated heterocycles. The number of nitrogens with two attached hydrogens (primary N) is 1. The van der Waals surface area contributed by atoms with Crippen molar-refractivity contribution >= 4 is 17.6 Å². The third-order valence-corrected chi connectivity index (χ3v) is 2.69. The Morgan fingerprint density at radius 3 is 2.57 bits per heavy atom. The Morgan fingerprint density at radius 2 is 2.00 bits per heavy atom. The number of nitriles is 1. The summed E-state index contributed by atoms with van der Waals surface area (Å²) in [6.07, 6.45) is 0. The van der Waals surface area contributed by atoms with Gasteiger partial charge in [-0.1, -0.05) is 0 Å². The Labute approximate surface area is 122 Å². The van der Waals surface area contributed by atoms with Gasteiger partial charge in [0.1, 0.15) is 0 Å². The van der Waals surface area contributed by atoms with Crippen LogP contribution < -0.4 is 20.9 Å². The van der Waals surface area contributed by atoms with E-state index in [2.05, 4.69) is 26.4 Å². The Kier molecular flexibility index (Phi) is 4.48. The number of hydrogen-bond donors (Lipinski definition) is 2. The molecule has 0 aliphatic heterocycles. The van der Waals surface area contributed by atoms with Gasteiger partial charge in [-0.15, -0.1) is 0 Å². The predicted molar refractivity (Wildman–Crippen MR) is 78.0 cm³/mol. The molecule has 1 heterocycles. The Hall–Kier alpha value is -2.92. The van der Waals surface area contributed by atoms with Gasteiger partial charge in [-0.25, -0.2) is 5.84 Å². The molecule has 3 N–H and O–H groups in total. The molecule has 21 heavy (non-hydrogen) atoms. The van der Waals surface area contributed by atoms with Gasteiger partial charge in [0.2, 0.25) is 11.9 Å². The van der Waals surface area contributed by atoms with E-state index in [-0.39, 0.29) is 12.0 Å². The van der Waals surface area contributed by atoms with Crippen LogP contribution in [-0.2, 0) is 0 Å². The average molecular weight is 285 g/mol. The molecule has 0 radical (unpaired) electrons. The molecule has 0 saturated carbocycles. The van der Waals surface area contributed by atoms with E-state index in [1.165, 1.54) is 0 Å². The molecule has 1 aromatic carbocycles. The fraction of sp³-hybridized carbons (Fsp3) is 0.231. The van der Waals surface area contributed by atoms with Crippen molar-refractivity contribution in [1.29, 1.82) is 5.26 Å². The van der Waals surface area contributed by atoms with Crippen molar-refractivity contribution in [3.05, 3.63) is 29.8 Å². The Bertz CT molecular complexity index is 651. The minimum absolute atomic E-state index is 0.191. The SMILES string of the molecule is CCOc1nc(NN)nc(N(C)c2ccc(C#N)cc2)n1. The van der Waals surface area contributed by atoms with Gasteiger partial charge in [-0.05, 0) is 31.2 Å². The molecule has 0 unspecified atom stereocenters. The first kappa shape index (κ1) is 14.5. The van der Waals surface area contributed by atoms with E-state index < -0.39 is 0 Å². The van der Waals surface area contributed by atoms with Crippen molar-refractivity contribution in [2.75, 3.05) is 24.0 Å². The maximum Gasteiger partial charge on any atom is 0.323 e. The van der Waals surface area contributed by atoms with Gasteiger partial charge < -0.3 is 9.64 Å². The zero-order chi connectivity index (χ0) is 15.2. The van der Waals surface area contributed by atoms with E-state index in [1.807, 2.05) is 6.92 Å². The van der Waals surface area contributed by atoms with Crippen LogP contribution in [0, 0.1) is 11.3 Å². The lowest BCUT2D eigenvalue weighted by Crippen LogP contribution is -2.18. The van der Waals surface area contributed by atoms with Crippen LogP contribution in [0.4, 0.5) is 17.6 Å². The quantitative estimate of drug-likeness (QED) is 0.622. The average Bonchev–Trinajstić information content (AvgIpc) is 2.54. The van der Waals surface area contributed by atoms with Crippen molar-refractivity contribution in [3.63, 3.8) is 0 Å². The van der Waals surface area contributed by atoms with Crippen molar-refractivity contribution in [2.24, 2.45) is 5.84 Å². The molecule has 8 nitrogen and oxygen atoms in total. The van der Waals surface area contributed by atoms with Crippen molar-refractivity contribution in [3.8, 4) is 12.1 Å². The topological polar surface area (TPSA) is 113 Å². The van der Waals surface area contributed by atoms with E-state index in [1.54, 1.807) is 36.2 Å². The molecule has 2 aromatic rings. The number of ether oxygens (including phenoxy) is 1. The van der Waals surface area contributed by atoms with E-state index in [0.717, 1.165) is 5.69 Å². The van der Waals surface area contributed by atoms with Gasteiger partial charge in [-0.3, -0.25) is 5.43 Å². The summed E-state index contributed by atoms with van der Waals surface area (Å²) >= 11 is 0. The van der Waals surface area contributed by atoms with E-state index in [4.69, 9.17) is 15.8 Å². The summed E-state index contributed by atoms with van der Waals surface area (Å²) in [5.74, 6) is 5.94. The first-order valence-corrected chi connectivity index (χ1v) is 6.27. The van der Waals surface area contributed by atoms with Gasteiger partial charge >= 0.3 is 6.01 Å². The Balaban J connectivity index is 2.34. The summed E-state index contributed by atoms with van der Waals surface area (Å²) in [6.45, 7) is 2.28. The molecule has 0 fully saturated rings. The third kappa shape index (κ3) is 3.34. The summed E-state index contributed by atoms with van der Waals surface area (Å²) in [7, 11) is 1.80. The number of nitrogens with zero attached hydrogens (tertiary/aromatic N) is 5. The molecule has 2 rings (SSSR count). The van der Waals surface area contributed by atoms with Crippen LogP contribution in [0.25, 0.3) is 0 Å². The largest absolute Gasteiger partial charge is 0.464 e. The molecule has 1 aromatic heterocycles. The van der Waals surface area contributed by atoms with Crippen molar-refractivity contribution < 1.29 is 4.74 Å². The third-order valence-electron chi connectivity index (χ3n) is 2.69. The molecule has 0 bridgehead atoms. The smallest absolute Gasteiger partial charge is 0.323 e. The highest BCUT2D eigenvalue weighted by molar-refractivity contribution is 5.58. The molecule has 0 aliphatic rings. The lowest BCUT2D eigenvalue weighted by Gasteiger charge is -2.18. The normalized spacial score (nSPS) is 9.81. The lowest BCUT2D eigenvalue weighted by molar-refractivity contribution is 0.312. The fourth-order valence-electron chi connectivity index (χ4n) is 1.63. The second kappa shape index (κ2) is 6.49. The van der Waals surface area contributed by atoms with Gasteiger partial charge in [0.05, 0.1) is 18.2 Å². The molecule has 0 aliphatic carbocycles. The van der Waals surface area contributed by atoms with E-state index >= 15 is 0 Å². The number of nitrogens with one attached hydrogen (secondary N) is 1. The van der Waals surface area contributed by atoms with Crippen molar-refractivity contribution in [2.45, 2.75) is 6.92 Å². The van der Waals surface area contributed by atoms with E-state index in [9.17, 15) is 0 Å². The van der Waals surface area contributed by atoms with Crippen LogP contribution in [0.1, 0.15) is 12.5 Å². The molecule has 0 amide bonds. The number of aromatic nitrogens is 3. The highest BCUT2D eigenvalue weighted by atomic mass is 16.5. The number of rotatable bonds is 5. The van der Waals surface area contributed by atoms with Gasteiger partial charge in [-0.2, -0.15) is 20.2 Å². The molecule has 8 heteroatoms. The zero-order valence-corrected chi connectivity index (χ0v) is 11.7. The molecule has 0 spiro atoms. The molecule has 108 valence electrons. The summed E-state index contributed by atoms with van der Waals surface area (Å²) in [5.41, 5.74) is 3.79. The highest BCUT2D eigenvalue weighted by Gasteiger charge is 2.12. The number of anilines is 3. The highest BCUT2D eigenvalue weighted by Crippen LogP contribution is 2.22. The van der Waals surface area contributed by atoms with Crippen LogP contribution in [0.5, 0.6) is 6.01 Å². The van der Waals surface area contributed by atoms with Crippen LogP contribution in [0.15, 0.2) is 24.3 Å². The monoisotopic (exact) mass is 285 g/mol. The first-order valence-electron chi connectivity index (χ1n) is 6.27. The summed E-state index contributed by atoms with van der Waals surface area (Å²) < 4.78 is 5.28.